The Morgan fingerprint density at radius 3 is 2.61 bits per heavy atom. The van der Waals surface area contributed by atoms with Crippen LogP contribution in [0.25, 0.3) is 11.4 Å². The van der Waals surface area contributed by atoms with Gasteiger partial charge in [0.15, 0.2) is 5.03 Å². The first-order valence-corrected chi connectivity index (χ1v) is 13.9. The lowest BCUT2D eigenvalue weighted by molar-refractivity contribution is 0.0981. The van der Waals surface area contributed by atoms with Crippen molar-refractivity contribution >= 4 is 27.6 Å². The largest absolute Gasteiger partial charge is 0.476 e. The highest BCUT2D eigenvalue weighted by molar-refractivity contribution is 7.90. The van der Waals surface area contributed by atoms with Crippen LogP contribution in [0.4, 0.5) is 11.6 Å². The molecule has 1 aliphatic heterocycles. The Balaban J connectivity index is 0.00000280. The van der Waals surface area contributed by atoms with Gasteiger partial charge in [0, 0.05) is 14.9 Å². The van der Waals surface area contributed by atoms with Crippen LogP contribution < -0.4 is 20.1 Å². The van der Waals surface area contributed by atoms with Crippen LogP contribution in [0.15, 0.2) is 47.8 Å². The maximum absolute atomic E-state index is 13.4. The van der Waals surface area contributed by atoms with Gasteiger partial charge in [-0.05, 0) is 56.4 Å². The number of carbonyl (C=O) groups excluding carboxylic acids is 1. The fourth-order valence-corrected chi connectivity index (χ4v) is 5.48. The molecule has 12 heteroatoms. The molecule has 0 spiro atoms. The Morgan fingerprint density at radius 2 is 1.95 bits per heavy atom. The number of nitrogens with one attached hydrogen (secondary N) is 1. The molecular weight excluding hydrogens is 506 g/mol. The third kappa shape index (κ3) is 6.01. The van der Waals surface area contributed by atoms with Crippen molar-refractivity contribution in [2.24, 2.45) is 11.8 Å². The first-order chi connectivity index (χ1) is 17.9. The average molecular weight is 544 g/mol. The molecule has 1 atom stereocenters. The fraction of sp³-hybridized carbons (Fsp3) is 0.423. The predicted octanol–water partition coefficient (Wildman–Crippen LogP) is 3.79. The second kappa shape index (κ2) is 10.5. The Bertz CT molecular complexity index is 1450. The first kappa shape index (κ1) is 27.2. The number of pyridine rings is 2. The summed E-state index contributed by atoms with van der Waals surface area (Å²) in [6.45, 7) is 11.5. The van der Waals surface area contributed by atoms with E-state index < -0.39 is 15.9 Å². The van der Waals surface area contributed by atoms with Crippen LogP contribution in [0.3, 0.4) is 0 Å². The molecule has 38 heavy (non-hydrogen) atoms. The molecule has 0 aliphatic carbocycles. The second-order valence-electron chi connectivity index (χ2n) is 10.6. The van der Waals surface area contributed by atoms with E-state index in [2.05, 4.69) is 40.4 Å². The number of sulfonamides is 1. The van der Waals surface area contributed by atoms with Crippen LogP contribution in [-0.2, 0) is 10.0 Å². The third-order valence-corrected chi connectivity index (χ3v) is 7.37. The van der Waals surface area contributed by atoms with Gasteiger partial charge in [-0.25, -0.2) is 19.7 Å². The Morgan fingerprint density at radius 1 is 1.18 bits per heavy atom. The molecule has 4 rings (SSSR count). The lowest BCUT2D eigenvalue weighted by Gasteiger charge is -2.34. The summed E-state index contributed by atoms with van der Waals surface area (Å²) >= 11 is 0. The number of amides is 1. The molecule has 11 nitrogen and oxygen atoms in total. The van der Waals surface area contributed by atoms with Crippen LogP contribution in [0, 0.1) is 11.8 Å². The molecule has 1 unspecified atom stereocenters. The molecule has 0 aromatic carbocycles. The van der Waals surface area contributed by atoms with E-state index in [1.165, 1.54) is 24.4 Å². The van der Waals surface area contributed by atoms with Crippen molar-refractivity contribution < 1.29 is 20.8 Å². The van der Waals surface area contributed by atoms with Gasteiger partial charge >= 0.3 is 0 Å². The molecule has 1 aliphatic rings. The second-order valence-corrected chi connectivity index (χ2v) is 12.2. The highest BCUT2D eigenvalue weighted by Gasteiger charge is 2.39. The van der Waals surface area contributed by atoms with Gasteiger partial charge in [-0.2, -0.15) is 8.42 Å². The Kier molecular flexibility index (Phi) is 7.54. The number of rotatable bonds is 8. The number of carbonyl (C=O) groups is 1. The van der Waals surface area contributed by atoms with E-state index in [0.717, 1.165) is 6.42 Å². The summed E-state index contributed by atoms with van der Waals surface area (Å²) in [5.41, 5.74) is 6.39. The molecule has 3 aromatic rings. The summed E-state index contributed by atoms with van der Waals surface area (Å²) < 4.78 is 33.6. The van der Waals surface area contributed by atoms with Gasteiger partial charge in [0.05, 0.1) is 30.3 Å². The Labute approximate surface area is 225 Å². The molecule has 1 amide bonds. The standard InChI is InChI=1S/C26H33N7O4S.2H2/c1-16(2)15-37-22-13-28-12-20(29-22)19-10-9-18(24(30-19)33-14-17(3)11-26(33,4)5)25(34)32-38(35,36)23-8-6-7-21(27)31-23;;/h6-10,12-13,16-17H,11,14-15H2,1-5H3,(H2,27,31)(H,32,34);2*1H. The minimum absolute atomic E-state index is 0. The summed E-state index contributed by atoms with van der Waals surface area (Å²) in [6, 6.07) is 7.36. The minimum atomic E-state index is -4.27. The molecule has 0 radical (unpaired) electrons. The average Bonchev–Trinajstić information content (AvgIpc) is 3.13. The molecule has 1 fully saturated rings. The molecule has 0 saturated carbocycles. The normalized spacial score (nSPS) is 17.0. The quantitative estimate of drug-likeness (QED) is 0.429. The van der Waals surface area contributed by atoms with Crippen molar-refractivity contribution in [1.29, 1.82) is 0 Å². The summed E-state index contributed by atoms with van der Waals surface area (Å²) in [6.07, 6.45) is 3.99. The highest BCUT2D eigenvalue weighted by atomic mass is 32.2. The van der Waals surface area contributed by atoms with E-state index >= 15 is 0 Å². The van der Waals surface area contributed by atoms with Crippen molar-refractivity contribution in [2.75, 3.05) is 23.8 Å². The summed E-state index contributed by atoms with van der Waals surface area (Å²) in [7, 11) is -4.27. The monoisotopic (exact) mass is 543 g/mol. The van der Waals surface area contributed by atoms with E-state index in [0.29, 0.717) is 48.1 Å². The molecule has 4 heterocycles. The lowest BCUT2D eigenvalue weighted by Crippen LogP contribution is -2.41. The predicted molar refractivity (Wildman–Crippen MR) is 148 cm³/mol. The van der Waals surface area contributed by atoms with E-state index in [4.69, 9.17) is 15.5 Å². The molecule has 3 N–H and O–H groups in total. The maximum atomic E-state index is 13.4. The van der Waals surface area contributed by atoms with Gasteiger partial charge in [-0.3, -0.25) is 9.78 Å². The van der Waals surface area contributed by atoms with Crippen LogP contribution in [0.1, 0.15) is 54.3 Å². The van der Waals surface area contributed by atoms with Crippen LogP contribution >= 0.6 is 0 Å². The molecule has 0 bridgehead atoms. The fourth-order valence-electron chi connectivity index (χ4n) is 4.54. The van der Waals surface area contributed by atoms with Crippen LogP contribution in [0.2, 0.25) is 0 Å². The molecule has 206 valence electrons. The van der Waals surface area contributed by atoms with Crippen LogP contribution in [-0.4, -0.2) is 53.0 Å². The van der Waals surface area contributed by atoms with Crippen molar-refractivity contribution in [3.05, 3.63) is 48.3 Å². The van der Waals surface area contributed by atoms with Gasteiger partial charge in [0.2, 0.25) is 5.88 Å². The smallest absolute Gasteiger partial charge is 0.281 e. The van der Waals surface area contributed by atoms with Gasteiger partial charge in [-0.1, -0.05) is 26.8 Å². The van der Waals surface area contributed by atoms with Crippen molar-refractivity contribution in [2.45, 2.75) is 51.6 Å². The SMILES string of the molecule is CC(C)COc1cncc(-c2ccc(C(=O)NS(=O)(=O)c3cccc(N)n3)c(N3CC(C)CC3(C)C)n2)n1.[HH].[HH]. The minimum Gasteiger partial charge on any atom is -0.476 e. The van der Waals surface area contributed by atoms with Crippen LogP contribution in [0.5, 0.6) is 5.88 Å². The third-order valence-electron chi connectivity index (χ3n) is 6.14. The first-order valence-electron chi connectivity index (χ1n) is 12.4. The zero-order valence-corrected chi connectivity index (χ0v) is 23.0. The molecular formula is C26H37N7O4S. The highest BCUT2D eigenvalue weighted by Crippen LogP contribution is 2.38. The van der Waals surface area contributed by atoms with Gasteiger partial charge < -0.3 is 15.4 Å². The van der Waals surface area contributed by atoms with E-state index in [1.54, 1.807) is 18.3 Å². The maximum Gasteiger partial charge on any atom is 0.281 e. The number of nitrogens with two attached hydrogens (primary N) is 1. The van der Waals surface area contributed by atoms with Gasteiger partial charge in [-0.15, -0.1) is 0 Å². The summed E-state index contributed by atoms with van der Waals surface area (Å²) in [5.74, 6) is 0.609. The van der Waals surface area contributed by atoms with Crippen molar-refractivity contribution in [3.63, 3.8) is 0 Å². The zero-order valence-electron chi connectivity index (χ0n) is 22.2. The van der Waals surface area contributed by atoms with E-state index in [9.17, 15) is 13.2 Å². The van der Waals surface area contributed by atoms with E-state index in [-0.39, 0.29) is 24.8 Å². The van der Waals surface area contributed by atoms with E-state index in [1.807, 2.05) is 18.7 Å². The van der Waals surface area contributed by atoms with Crippen molar-refractivity contribution in [1.82, 2.24) is 24.7 Å². The number of hydrogen-bond acceptors (Lipinski definition) is 10. The van der Waals surface area contributed by atoms with Gasteiger partial charge in [0.1, 0.15) is 17.3 Å². The zero-order chi connectivity index (χ0) is 27.7. The number of hydrogen-bond donors (Lipinski definition) is 2. The number of nitrogens with zero attached hydrogens (tertiary/aromatic N) is 5. The number of nitrogen functional groups attached to an aromatic ring is 1. The summed E-state index contributed by atoms with van der Waals surface area (Å²) in [4.78, 5) is 32.8. The number of aromatic nitrogens is 4. The lowest BCUT2D eigenvalue weighted by atomic mass is 9.97. The number of anilines is 2. The summed E-state index contributed by atoms with van der Waals surface area (Å²) in [5, 5.41) is -0.347. The van der Waals surface area contributed by atoms with Gasteiger partial charge in [0.25, 0.3) is 15.9 Å². The topological polar surface area (TPSA) is 153 Å². The molecule has 3 aromatic heterocycles. The number of ether oxygens (including phenoxy) is 1. The Hall–Kier alpha value is -3.80. The van der Waals surface area contributed by atoms with Crippen molar-refractivity contribution in [3.8, 4) is 17.3 Å². The molecule has 1 saturated heterocycles.